The van der Waals surface area contributed by atoms with Crippen LogP contribution in [0.1, 0.15) is 25.2 Å². The number of carboxylic acid groups (broad SMARTS) is 1. The van der Waals surface area contributed by atoms with Gasteiger partial charge in [-0.2, -0.15) is 4.98 Å². The molecule has 0 bridgehead atoms. The molecule has 1 amide bonds. The molecule has 2 N–H and O–H groups in total. The van der Waals surface area contributed by atoms with Gasteiger partial charge in [-0.05, 0) is 30.9 Å². The number of aromatic nitrogens is 3. The van der Waals surface area contributed by atoms with E-state index < -0.39 is 12.0 Å². The van der Waals surface area contributed by atoms with Gasteiger partial charge in [0.1, 0.15) is 11.7 Å². The number of aliphatic carboxylic acids is 1. The number of carbonyl (C=O) groups is 2. The number of nitrogens with zero attached hydrogens (tertiary/aromatic N) is 3. The van der Waals surface area contributed by atoms with Crippen molar-refractivity contribution in [1.82, 2.24) is 20.4 Å². The van der Waals surface area contributed by atoms with Gasteiger partial charge in [0.25, 0.3) is 0 Å². The fourth-order valence-electron chi connectivity index (χ4n) is 2.23. The molecule has 2 aromatic rings. The third-order valence-electron chi connectivity index (χ3n) is 3.60. The van der Waals surface area contributed by atoms with E-state index in [4.69, 9.17) is 9.63 Å². The Morgan fingerprint density at radius 2 is 2.22 bits per heavy atom. The van der Waals surface area contributed by atoms with Crippen molar-refractivity contribution < 1.29 is 19.2 Å². The van der Waals surface area contributed by atoms with Crippen LogP contribution >= 0.6 is 0 Å². The number of hydrogen-bond acceptors (Lipinski definition) is 6. The smallest absolute Gasteiger partial charge is 0.326 e. The average molecular weight is 316 g/mol. The van der Waals surface area contributed by atoms with Gasteiger partial charge in [0, 0.05) is 19.0 Å². The first kappa shape index (κ1) is 15.1. The SMILES string of the molecule is O=C(CCc1nc(-c2ccccn2)no1)NC(C(=O)O)C1CC1. The molecular weight excluding hydrogens is 300 g/mol. The molecule has 23 heavy (non-hydrogen) atoms. The lowest BCUT2D eigenvalue weighted by molar-refractivity contribution is -0.142. The summed E-state index contributed by atoms with van der Waals surface area (Å²) >= 11 is 0. The van der Waals surface area contributed by atoms with Crippen molar-refractivity contribution in [3.8, 4) is 11.5 Å². The molecule has 8 nitrogen and oxygen atoms in total. The maximum atomic E-state index is 11.9. The van der Waals surface area contributed by atoms with Gasteiger partial charge in [0.2, 0.25) is 17.6 Å². The predicted molar refractivity (Wildman–Crippen MR) is 78.1 cm³/mol. The van der Waals surface area contributed by atoms with Crippen LogP contribution in [0.3, 0.4) is 0 Å². The highest BCUT2D eigenvalue weighted by Gasteiger charge is 2.37. The van der Waals surface area contributed by atoms with Crippen LogP contribution in [0.2, 0.25) is 0 Å². The summed E-state index contributed by atoms with van der Waals surface area (Å²) in [6.45, 7) is 0. The van der Waals surface area contributed by atoms with Gasteiger partial charge in [-0.1, -0.05) is 11.2 Å². The second-order valence-electron chi connectivity index (χ2n) is 5.45. The molecule has 2 heterocycles. The first-order valence-electron chi connectivity index (χ1n) is 7.39. The van der Waals surface area contributed by atoms with E-state index in [1.807, 2.05) is 6.07 Å². The Labute approximate surface area is 131 Å². The van der Waals surface area contributed by atoms with E-state index in [2.05, 4.69) is 20.4 Å². The Bertz CT molecular complexity index is 697. The molecule has 8 heteroatoms. The zero-order chi connectivity index (χ0) is 16.2. The van der Waals surface area contributed by atoms with Crippen molar-refractivity contribution in [3.05, 3.63) is 30.3 Å². The molecule has 1 atom stereocenters. The summed E-state index contributed by atoms with van der Waals surface area (Å²) in [4.78, 5) is 31.2. The summed E-state index contributed by atoms with van der Waals surface area (Å²) < 4.78 is 5.08. The molecule has 1 aliphatic carbocycles. The fourth-order valence-corrected chi connectivity index (χ4v) is 2.23. The Morgan fingerprint density at radius 1 is 1.39 bits per heavy atom. The lowest BCUT2D eigenvalue weighted by atomic mass is 10.1. The third-order valence-corrected chi connectivity index (χ3v) is 3.60. The topological polar surface area (TPSA) is 118 Å². The second-order valence-corrected chi connectivity index (χ2v) is 5.45. The van der Waals surface area contributed by atoms with Crippen molar-refractivity contribution in [2.24, 2.45) is 5.92 Å². The van der Waals surface area contributed by atoms with E-state index in [0.717, 1.165) is 12.8 Å². The molecule has 0 aromatic carbocycles. The zero-order valence-corrected chi connectivity index (χ0v) is 12.3. The van der Waals surface area contributed by atoms with Crippen LogP contribution in [0.15, 0.2) is 28.9 Å². The summed E-state index contributed by atoms with van der Waals surface area (Å²) in [5.41, 5.74) is 0.589. The third kappa shape index (κ3) is 3.91. The highest BCUT2D eigenvalue weighted by atomic mass is 16.5. The predicted octanol–water partition coefficient (Wildman–Crippen LogP) is 1.04. The van der Waals surface area contributed by atoms with Crippen molar-refractivity contribution in [2.45, 2.75) is 31.7 Å². The summed E-state index contributed by atoms with van der Waals surface area (Å²) in [7, 11) is 0. The Kier molecular flexibility index (Phi) is 4.31. The van der Waals surface area contributed by atoms with Crippen LogP contribution in [0.4, 0.5) is 0 Å². The quantitative estimate of drug-likeness (QED) is 0.783. The Morgan fingerprint density at radius 3 is 2.87 bits per heavy atom. The summed E-state index contributed by atoms with van der Waals surface area (Å²) in [5, 5.41) is 15.4. The maximum Gasteiger partial charge on any atom is 0.326 e. The van der Waals surface area contributed by atoms with Gasteiger partial charge in [-0.3, -0.25) is 9.78 Å². The summed E-state index contributed by atoms with van der Waals surface area (Å²) in [6, 6.07) is 4.56. The van der Waals surface area contributed by atoms with Crippen LogP contribution in [-0.4, -0.2) is 38.1 Å². The second kappa shape index (κ2) is 6.55. The highest BCUT2D eigenvalue weighted by Crippen LogP contribution is 2.32. The standard InChI is InChI=1S/C15H16N4O4/c20-11(17-13(15(21)22)9-4-5-9)6-7-12-18-14(19-23-12)10-3-1-2-8-16-10/h1-3,8-9,13H,4-7H2,(H,17,20)(H,21,22). The minimum Gasteiger partial charge on any atom is -0.480 e. The Balaban J connectivity index is 1.53. The van der Waals surface area contributed by atoms with Crippen molar-refractivity contribution in [3.63, 3.8) is 0 Å². The summed E-state index contributed by atoms with van der Waals surface area (Å²) in [5.74, 6) is -0.588. The van der Waals surface area contributed by atoms with Gasteiger partial charge in [-0.15, -0.1) is 0 Å². The van der Waals surface area contributed by atoms with Crippen molar-refractivity contribution in [2.75, 3.05) is 0 Å². The normalized spacial score (nSPS) is 15.1. The number of nitrogens with one attached hydrogen (secondary N) is 1. The van der Waals surface area contributed by atoms with E-state index in [1.54, 1.807) is 18.3 Å². The minimum absolute atomic E-state index is 0.0515. The molecule has 0 radical (unpaired) electrons. The van der Waals surface area contributed by atoms with Crippen LogP contribution in [0.25, 0.3) is 11.5 Å². The number of hydrogen-bond donors (Lipinski definition) is 2. The molecule has 1 saturated carbocycles. The first-order chi connectivity index (χ1) is 11.1. The lowest BCUT2D eigenvalue weighted by Gasteiger charge is -2.12. The van der Waals surface area contributed by atoms with Crippen LogP contribution in [0, 0.1) is 5.92 Å². The van der Waals surface area contributed by atoms with Crippen LogP contribution < -0.4 is 5.32 Å². The minimum atomic E-state index is -0.990. The first-order valence-corrected chi connectivity index (χ1v) is 7.39. The monoisotopic (exact) mass is 316 g/mol. The zero-order valence-electron chi connectivity index (χ0n) is 12.3. The highest BCUT2D eigenvalue weighted by molar-refractivity contribution is 5.84. The number of rotatable bonds is 7. The fraction of sp³-hybridized carbons (Fsp3) is 0.400. The molecule has 0 aliphatic heterocycles. The Hall–Kier alpha value is -2.77. The maximum absolute atomic E-state index is 11.9. The number of carboxylic acids is 1. The van der Waals surface area contributed by atoms with Crippen LogP contribution in [-0.2, 0) is 16.0 Å². The van der Waals surface area contributed by atoms with Gasteiger partial charge in [0.15, 0.2) is 0 Å². The van der Waals surface area contributed by atoms with E-state index >= 15 is 0 Å². The number of amides is 1. The van der Waals surface area contributed by atoms with Gasteiger partial charge < -0.3 is 14.9 Å². The van der Waals surface area contributed by atoms with Gasteiger partial charge >= 0.3 is 5.97 Å². The molecule has 1 unspecified atom stereocenters. The number of carbonyl (C=O) groups excluding carboxylic acids is 1. The van der Waals surface area contributed by atoms with Crippen LogP contribution in [0.5, 0.6) is 0 Å². The van der Waals surface area contributed by atoms with Gasteiger partial charge in [0.05, 0.1) is 0 Å². The molecule has 1 fully saturated rings. The molecular formula is C15H16N4O4. The van der Waals surface area contributed by atoms with Gasteiger partial charge in [-0.25, -0.2) is 4.79 Å². The average Bonchev–Trinajstić information content (AvgIpc) is 3.28. The number of aryl methyl sites for hydroxylation is 1. The largest absolute Gasteiger partial charge is 0.480 e. The number of pyridine rings is 1. The molecule has 0 saturated heterocycles. The van der Waals surface area contributed by atoms with Crippen molar-refractivity contribution >= 4 is 11.9 Å². The molecule has 120 valence electrons. The lowest BCUT2D eigenvalue weighted by Crippen LogP contribution is -2.42. The summed E-state index contributed by atoms with van der Waals surface area (Å²) in [6.07, 6.45) is 3.66. The van der Waals surface area contributed by atoms with Crippen molar-refractivity contribution in [1.29, 1.82) is 0 Å². The van der Waals surface area contributed by atoms with E-state index in [9.17, 15) is 9.59 Å². The molecule has 3 rings (SSSR count). The molecule has 1 aliphatic rings. The molecule has 2 aromatic heterocycles. The van der Waals surface area contributed by atoms with E-state index in [1.165, 1.54) is 0 Å². The van der Waals surface area contributed by atoms with E-state index in [-0.39, 0.29) is 24.7 Å². The molecule has 0 spiro atoms. The van der Waals surface area contributed by atoms with E-state index in [0.29, 0.717) is 17.4 Å².